The number of nitrogens with one attached hydrogen (secondary N) is 2. The third kappa shape index (κ3) is 8.97. The lowest BCUT2D eigenvalue weighted by Crippen LogP contribution is -2.46. The summed E-state index contributed by atoms with van der Waals surface area (Å²) in [4.78, 5) is 53.9. The molecule has 4 heterocycles. The number of amides is 2. The molecular formula is C46H63ClN8O5Si. The minimum atomic E-state index is -1.89. The molecular weight excluding hydrogens is 808 g/mol. The largest absolute Gasteiger partial charge is 0.481 e. The highest BCUT2D eigenvalue weighted by molar-refractivity contribution is 6.74. The van der Waals surface area contributed by atoms with Gasteiger partial charge in [0.05, 0.1) is 33.6 Å². The number of rotatable bonds is 11. The molecule has 1 saturated carbocycles. The molecule has 0 saturated heterocycles. The third-order valence-corrected chi connectivity index (χ3v) is 19.1. The van der Waals surface area contributed by atoms with E-state index >= 15 is 0 Å². The van der Waals surface area contributed by atoms with Gasteiger partial charge in [0.15, 0.2) is 20.0 Å². The summed E-state index contributed by atoms with van der Waals surface area (Å²) in [6, 6.07) is 11.5. The van der Waals surface area contributed by atoms with Crippen molar-refractivity contribution in [2.75, 3.05) is 30.3 Å². The molecule has 3 aliphatic rings. The molecule has 2 amide bonds. The van der Waals surface area contributed by atoms with Crippen molar-refractivity contribution in [2.24, 2.45) is 19.5 Å². The van der Waals surface area contributed by atoms with Gasteiger partial charge in [0.2, 0.25) is 0 Å². The van der Waals surface area contributed by atoms with E-state index in [1.54, 1.807) is 6.07 Å². The summed E-state index contributed by atoms with van der Waals surface area (Å²) in [5, 5.41) is 16.3. The Morgan fingerprint density at radius 2 is 1.44 bits per heavy atom. The van der Waals surface area contributed by atoms with Crippen LogP contribution in [0.4, 0.5) is 11.4 Å². The van der Waals surface area contributed by atoms with Crippen molar-refractivity contribution in [1.29, 1.82) is 0 Å². The molecule has 0 radical (unpaired) electrons. The van der Waals surface area contributed by atoms with E-state index in [1.165, 1.54) is 0 Å². The Kier molecular flexibility index (Phi) is 12.5. The van der Waals surface area contributed by atoms with Gasteiger partial charge in [0.25, 0.3) is 11.8 Å². The van der Waals surface area contributed by atoms with Crippen LogP contribution in [-0.4, -0.2) is 91.9 Å². The summed E-state index contributed by atoms with van der Waals surface area (Å²) in [5.74, 6) is -0.682. The number of hydrogen-bond acceptors (Lipinski definition) is 8. The van der Waals surface area contributed by atoms with Gasteiger partial charge in [-0.25, -0.2) is 9.97 Å². The van der Waals surface area contributed by atoms with Crippen LogP contribution in [0, 0.1) is 12.3 Å². The minimum Gasteiger partial charge on any atom is -0.481 e. The Hall–Kier alpha value is -4.34. The zero-order valence-corrected chi connectivity index (χ0v) is 39.3. The van der Waals surface area contributed by atoms with Crippen molar-refractivity contribution >= 4 is 49.1 Å². The lowest BCUT2D eigenvalue weighted by Gasteiger charge is -2.41. The van der Waals surface area contributed by atoms with E-state index in [4.69, 9.17) is 26.0 Å². The Balaban J connectivity index is 1.01. The quantitative estimate of drug-likeness (QED) is 0.126. The second-order valence-corrected chi connectivity index (χ2v) is 24.5. The molecule has 0 unspecified atom stereocenters. The van der Waals surface area contributed by atoms with Gasteiger partial charge in [-0.3, -0.25) is 24.2 Å². The number of halogens is 1. The summed E-state index contributed by atoms with van der Waals surface area (Å²) in [6.07, 6.45) is 4.65. The number of nitrogens with zero attached hydrogens (tertiary/aromatic N) is 6. The van der Waals surface area contributed by atoms with E-state index < -0.39 is 19.7 Å². The molecule has 2 aromatic carbocycles. The van der Waals surface area contributed by atoms with Crippen molar-refractivity contribution in [1.82, 2.24) is 28.9 Å². The molecule has 1 atom stereocenters. The first-order chi connectivity index (χ1) is 28.7. The van der Waals surface area contributed by atoms with Crippen molar-refractivity contribution < 1.29 is 23.9 Å². The average Bonchev–Trinajstić information content (AvgIpc) is 3.71. The number of fused-ring (bicyclic) bond motifs is 2. The minimum absolute atomic E-state index is 0.0997. The van der Waals surface area contributed by atoms with Gasteiger partial charge in [-0.15, -0.1) is 0 Å². The standard InChI is InChI=1S/C46H63ClN8O5Si/c1-28(60-61(9,10)45(3,4)5)25-54-23-19-37-35(26-54)48-40(52(37)7)42(56)50-33-15-11-13-31(29(33)2)32-14-12-16-34(39(32)47)51-43(57)41-49-36-27-55(24-20-38(36)53(41)8)30-17-21-46(6,22-18-30)44(58)59/h11-16,28,30H,17-27H2,1-10H3,(H,50,56)(H,51,57)(H,58,59)/t28-,30?,46?/m0/s1. The van der Waals surface area contributed by atoms with E-state index in [-0.39, 0.29) is 23.0 Å². The first-order valence-electron chi connectivity index (χ1n) is 21.6. The third-order valence-electron chi connectivity index (χ3n) is 14.1. The average molecular weight is 872 g/mol. The predicted octanol–water partition coefficient (Wildman–Crippen LogP) is 8.45. The second-order valence-electron chi connectivity index (χ2n) is 19.3. The summed E-state index contributed by atoms with van der Waals surface area (Å²) < 4.78 is 10.4. The highest BCUT2D eigenvalue weighted by atomic mass is 35.5. The molecule has 3 N–H and O–H groups in total. The van der Waals surface area contributed by atoms with Gasteiger partial charge < -0.3 is 29.3 Å². The number of carbonyl (C=O) groups is 3. The smallest absolute Gasteiger partial charge is 0.309 e. The SMILES string of the molecule is Cc1c(NC(=O)c2nc3c(n2C)CCN(C[C@H](C)O[Si](C)(C)C(C)(C)C)C3)cccc1-c1cccc(NC(=O)c2nc3c(n2C)CCN(C2CCC(C)(C(=O)O)CC2)C3)c1Cl. The van der Waals surface area contributed by atoms with Gasteiger partial charge in [-0.05, 0) is 87.8 Å². The van der Waals surface area contributed by atoms with Crippen LogP contribution < -0.4 is 10.6 Å². The van der Waals surface area contributed by atoms with Gasteiger partial charge >= 0.3 is 5.97 Å². The van der Waals surface area contributed by atoms with E-state index in [9.17, 15) is 19.5 Å². The zero-order chi connectivity index (χ0) is 44.2. The normalized spacial score (nSPS) is 20.5. The van der Waals surface area contributed by atoms with Crippen LogP contribution in [0.3, 0.4) is 0 Å². The van der Waals surface area contributed by atoms with Gasteiger partial charge in [0.1, 0.15) is 0 Å². The number of aliphatic carboxylic acids is 1. The maximum absolute atomic E-state index is 13.9. The molecule has 328 valence electrons. The monoisotopic (exact) mass is 870 g/mol. The first-order valence-corrected chi connectivity index (χ1v) is 24.9. The molecule has 0 spiro atoms. The lowest BCUT2D eigenvalue weighted by molar-refractivity contribution is -0.150. The lowest BCUT2D eigenvalue weighted by atomic mass is 9.73. The van der Waals surface area contributed by atoms with E-state index in [0.29, 0.717) is 65.6 Å². The number of carbonyl (C=O) groups excluding carboxylic acids is 2. The summed E-state index contributed by atoms with van der Waals surface area (Å²) in [5.41, 5.74) is 6.72. The van der Waals surface area contributed by atoms with Crippen LogP contribution in [0.1, 0.15) is 110 Å². The zero-order valence-electron chi connectivity index (χ0n) is 37.5. The van der Waals surface area contributed by atoms with Crippen LogP contribution in [-0.2, 0) is 49.2 Å². The van der Waals surface area contributed by atoms with Crippen molar-refractivity contribution in [2.45, 2.75) is 123 Å². The Bertz CT molecular complexity index is 2340. The fraction of sp³-hybridized carbons (Fsp3) is 0.543. The van der Waals surface area contributed by atoms with Crippen molar-refractivity contribution in [3.05, 3.63) is 81.4 Å². The summed E-state index contributed by atoms with van der Waals surface area (Å²) in [6.45, 7) is 21.1. The highest BCUT2D eigenvalue weighted by Gasteiger charge is 2.41. The molecule has 2 aliphatic heterocycles. The Morgan fingerprint density at radius 3 is 2.03 bits per heavy atom. The Labute approximate surface area is 366 Å². The molecule has 13 nitrogen and oxygen atoms in total. The first kappa shape index (κ1) is 44.7. The number of imidazole rings is 2. The Morgan fingerprint density at radius 1 is 0.902 bits per heavy atom. The van der Waals surface area contributed by atoms with Crippen LogP contribution in [0.25, 0.3) is 11.1 Å². The molecule has 61 heavy (non-hydrogen) atoms. The fourth-order valence-corrected chi connectivity index (χ4v) is 10.9. The van der Waals surface area contributed by atoms with E-state index in [2.05, 4.69) is 61.2 Å². The predicted molar refractivity (Wildman–Crippen MR) is 243 cm³/mol. The maximum atomic E-state index is 13.9. The summed E-state index contributed by atoms with van der Waals surface area (Å²) >= 11 is 7.06. The molecule has 4 aromatic rings. The van der Waals surface area contributed by atoms with Crippen LogP contribution in [0.2, 0.25) is 23.2 Å². The molecule has 2 aromatic heterocycles. The molecule has 7 rings (SSSR count). The van der Waals surface area contributed by atoms with E-state index in [1.807, 2.05) is 67.4 Å². The topological polar surface area (TPSA) is 147 Å². The maximum Gasteiger partial charge on any atom is 0.309 e. The number of anilines is 2. The van der Waals surface area contributed by atoms with Crippen molar-refractivity contribution in [3.63, 3.8) is 0 Å². The second kappa shape index (κ2) is 17.1. The van der Waals surface area contributed by atoms with Crippen LogP contribution >= 0.6 is 11.6 Å². The van der Waals surface area contributed by atoms with Crippen LogP contribution in [0.15, 0.2) is 36.4 Å². The van der Waals surface area contributed by atoms with Gasteiger partial charge in [-0.2, -0.15) is 0 Å². The number of benzene rings is 2. The van der Waals surface area contributed by atoms with Crippen LogP contribution in [0.5, 0.6) is 0 Å². The van der Waals surface area contributed by atoms with Crippen molar-refractivity contribution in [3.8, 4) is 11.1 Å². The van der Waals surface area contributed by atoms with Gasteiger partial charge in [0, 0.05) is 88.3 Å². The van der Waals surface area contributed by atoms with E-state index in [0.717, 1.165) is 79.2 Å². The molecule has 15 heteroatoms. The van der Waals surface area contributed by atoms with Gasteiger partial charge in [-0.1, -0.05) is 56.6 Å². The summed E-state index contributed by atoms with van der Waals surface area (Å²) in [7, 11) is 1.89. The molecule has 1 fully saturated rings. The number of carboxylic acids is 1. The highest BCUT2D eigenvalue weighted by Crippen LogP contribution is 2.41. The number of hydrogen-bond donors (Lipinski definition) is 3. The molecule has 0 bridgehead atoms. The molecule has 1 aliphatic carbocycles. The number of carboxylic acid groups (broad SMARTS) is 1. The fourth-order valence-electron chi connectivity index (χ4n) is 9.16. The number of aromatic nitrogens is 4.